The number of rotatable bonds is 9. The molecule has 9 heteroatoms. The van der Waals surface area contributed by atoms with Crippen LogP contribution in [-0.2, 0) is 21.2 Å². The van der Waals surface area contributed by atoms with Gasteiger partial charge in [-0.1, -0.05) is 54.1 Å². The topological polar surface area (TPSA) is 128 Å². The minimum absolute atomic E-state index is 0.0228. The van der Waals surface area contributed by atoms with Gasteiger partial charge in [-0.2, -0.15) is 4.72 Å². The molecule has 1 atom stereocenters. The zero-order valence-corrected chi connectivity index (χ0v) is 22.1. The zero-order chi connectivity index (χ0) is 27.4. The Morgan fingerprint density at radius 3 is 2.18 bits per heavy atom. The van der Waals surface area contributed by atoms with Crippen molar-refractivity contribution in [3.8, 4) is 11.1 Å². The molecule has 1 unspecified atom stereocenters. The standard InChI is InChI=1S/C29H29N3O5S/c1-18-14-19(2)27(20(3)15-18)38(36,37)32-26(29(34)35)16-21-9-11-22(12-10-21)23-6-4-7-24(17-23)31-28(33)25-8-5-13-30-25/h4-15,17,26,30,32H,16H2,1-3H3,(H,31,33)(H,34,35). The van der Waals surface area contributed by atoms with E-state index in [1.165, 1.54) is 0 Å². The predicted octanol–water partition coefficient (Wildman–Crippen LogP) is 4.83. The van der Waals surface area contributed by atoms with Gasteiger partial charge in [-0.05, 0) is 79.3 Å². The first-order chi connectivity index (χ1) is 18.0. The van der Waals surface area contributed by atoms with Gasteiger partial charge in [0.15, 0.2) is 0 Å². The molecule has 4 aromatic rings. The number of anilines is 1. The largest absolute Gasteiger partial charge is 0.480 e. The molecule has 0 bridgehead atoms. The molecule has 0 aliphatic rings. The Labute approximate surface area is 221 Å². The lowest BCUT2D eigenvalue weighted by Crippen LogP contribution is -2.42. The van der Waals surface area contributed by atoms with Gasteiger partial charge in [0, 0.05) is 11.9 Å². The smallest absolute Gasteiger partial charge is 0.322 e. The minimum atomic E-state index is -4.05. The summed E-state index contributed by atoms with van der Waals surface area (Å²) in [6.07, 6.45) is 1.66. The Bertz CT molecular complexity index is 1550. The molecule has 0 fully saturated rings. The summed E-state index contributed by atoms with van der Waals surface area (Å²) in [6.45, 7) is 5.27. The van der Waals surface area contributed by atoms with E-state index in [1.807, 2.05) is 37.3 Å². The van der Waals surface area contributed by atoms with E-state index in [9.17, 15) is 23.1 Å². The number of carbonyl (C=O) groups is 2. The van der Waals surface area contributed by atoms with Crippen LogP contribution in [0.4, 0.5) is 5.69 Å². The number of amides is 1. The lowest BCUT2D eigenvalue weighted by atomic mass is 10.0. The molecule has 38 heavy (non-hydrogen) atoms. The molecule has 1 heterocycles. The molecule has 196 valence electrons. The summed E-state index contributed by atoms with van der Waals surface area (Å²) in [5, 5.41) is 12.6. The van der Waals surface area contributed by atoms with Gasteiger partial charge in [0.2, 0.25) is 10.0 Å². The van der Waals surface area contributed by atoms with Crippen molar-refractivity contribution in [2.75, 3.05) is 5.32 Å². The Hall–Kier alpha value is -4.21. The number of carbonyl (C=O) groups excluding carboxylic acids is 1. The van der Waals surface area contributed by atoms with Gasteiger partial charge >= 0.3 is 5.97 Å². The van der Waals surface area contributed by atoms with E-state index in [2.05, 4.69) is 15.0 Å². The fourth-order valence-corrected chi connectivity index (χ4v) is 6.17. The van der Waals surface area contributed by atoms with Gasteiger partial charge in [-0.25, -0.2) is 8.42 Å². The Kier molecular flexibility index (Phi) is 7.80. The molecule has 4 N–H and O–H groups in total. The number of sulfonamides is 1. The number of carboxylic acid groups (broad SMARTS) is 1. The number of benzene rings is 3. The van der Waals surface area contributed by atoms with Crippen LogP contribution in [0.1, 0.15) is 32.7 Å². The number of carboxylic acids is 1. The second-order valence-corrected chi connectivity index (χ2v) is 10.9. The molecule has 4 rings (SSSR count). The maximum atomic E-state index is 13.1. The normalized spacial score (nSPS) is 12.2. The summed E-state index contributed by atoms with van der Waals surface area (Å²) in [5.41, 5.74) is 5.54. The van der Waals surface area contributed by atoms with Crippen molar-refractivity contribution in [2.45, 2.75) is 38.1 Å². The number of aryl methyl sites for hydroxylation is 3. The Morgan fingerprint density at radius 2 is 1.58 bits per heavy atom. The third-order valence-electron chi connectivity index (χ3n) is 6.16. The van der Waals surface area contributed by atoms with Crippen molar-refractivity contribution in [1.29, 1.82) is 0 Å². The fraction of sp³-hybridized carbons (Fsp3) is 0.172. The van der Waals surface area contributed by atoms with Crippen molar-refractivity contribution < 1.29 is 23.1 Å². The Morgan fingerprint density at radius 1 is 0.895 bits per heavy atom. The van der Waals surface area contributed by atoms with E-state index in [4.69, 9.17) is 0 Å². The van der Waals surface area contributed by atoms with Crippen molar-refractivity contribution >= 4 is 27.6 Å². The van der Waals surface area contributed by atoms with Crippen molar-refractivity contribution in [3.05, 3.63) is 107 Å². The molecule has 0 spiro atoms. The molecular weight excluding hydrogens is 502 g/mol. The molecule has 0 saturated carbocycles. The maximum absolute atomic E-state index is 13.1. The Balaban J connectivity index is 1.49. The molecule has 0 aliphatic heterocycles. The second-order valence-electron chi connectivity index (χ2n) is 9.26. The third kappa shape index (κ3) is 6.19. The molecule has 1 amide bonds. The monoisotopic (exact) mass is 531 g/mol. The van der Waals surface area contributed by atoms with Crippen molar-refractivity contribution in [3.63, 3.8) is 0 Å². The second kappa shape index (κ2) is 11.0. The lowest BCUT2D eigenvalue weighted by Gasteiger charge is -2.18. The van der Waals surface area contributed by atoms with Crippen LogP contribution in [-0.4, -0.2) is 36.4 Å². The van der Waals surface area contributed by atoms with Crippen LogP contribution in [0.2, 0.25) is 0 Å². The maximum Gasteiger partial charge on any atom is 0.322 e. The van der Waals surface area contributed by atoms with Crippen LogP contribution in [0.15, 0.2) is 83.9 Å². The summed E-state index contributed by atoms with van der Waals surface area (Å²) in [7, 11) is -4.05. The van der Waals surface area contributed by atoms with E-state index < -0.39 is 22.0 Å². The molecule has 0 radical (unpaired) electrons. The van der Waals surface area contributed by atoms with E-state index in [0.717, 1.165) is 16.7 Å². The van der Waals surface area contributed by atoms with Crippen LogP contribution >= 0.6 is 0 Å². The first-order valence-electron chi connectivity index (χ1n) is 12.0. The van der Waals surface area contributed by atoms with Crippen LogP contribution in [0.3, 0.4) is 0 Å². The number of aliphatic carboxylic acids is 1. The molecule has 8 nitrogen and oxygen atoms in total. The van der Waals surface area contributed by atoms with Crippen LogP contribution in [0.5, 0.6) is 0 Å². The molecular formula is C29H29N3O5S. The van der Waals surface area contributed by atoms with Gasteiger partial charge < -0.3 is 15.4 Å². The predicted molar refractivity (Wildman–Crippen MR) is 147 cm³/mol. The fourth-order valence-electron chi connectivity index (χ4n) is 4.53. The zero-order valence-electron chi connectivity index (χ0n) is 21.3. The summed E-state index contributed by atoms with van der Waals surface area (Å²) < 4.78 is 28.6. The van der Waals surface area contributed by atoms with Gasteiger partial charge in [0.1, 0.15) is 11.7 Å². The van der Waals surface area contributed by atoms with E-state index in [0.29, 0.717) is 28.1 Å². The summed E-state index contributed by atoms with van der Waals surface area (Å²) in [4.78, 5) is 27.3. The van der Waals surface area contributed by atoms with E-state index in [-0.39, 0.29) is 17.2 Å². The quantitative estimate of drug-likeness (QED) is 0.246. The SMILES string of the molecule is Cc1cc(C)c(S(=O)(=O)NC(Cc2ccc(-c3cccc(NC(=O)c4ccc[nH]4)c3)cc2)C(=O)O)c(C)c1. The van der Waals surface area contributed by atoms with Gasteiger partial charge in [-0.15, -0.1) is 0 Å². The minimum Gasteiger partial charge on any atom is -0.480 e. The molecule has 3 aromatic carbocycles. The van der Waals surface area contributed by atoms with Crippen LogP contribution in [0.25, 0.3) is 11.1 Å². The number of hydrogen-bond donors (Lipinski definition) is 4. The molecule has 0 aliphatic carbocycles. The summed E-state index contributed by atoms with van der Waals surface area (Å²) in [5.74, 6) is -1.51. The average molecular weight is 532 g/mol. The van der Waals surface area contributed by atoms with Crippen LogP contribution < -0.4 is 10.0 Å². The van der Waals surface area contributed by atoms with E-state index in [1.54, 1.807) is 62.5 Å². The summed E-state index contributed by atoms with van der Waals surface area (Å²) in [6, 6.07) is 20.2. The number of aromatic nitrogens is 1. The van der Waals surface area contributed by atoms with Crippen LogP contribution in [0, 0.1) is 20.8 Å². The highest BCUT2D eigenvalue weighted by Crippen LogP contribution is 2.25. The third-order valence-corrected chi connectivity index (χ3v) is 7.94. The highest BCUT2D eigenvalue weighted by molar-refractivity contribution is 7.89. The number of hydrogen-bond acceptors (Lipinski definition) is 4. The van der Waals surface area contributed by atoms with E-state index >= 15 is 0 Å². The molecule has 1 aromatic heterocycles. The number of H-pyrrole nitrogens is 1. The van der Waals surface area contributed by atoms with Gasteiger partial charge in [0.25, 0.3) is 5.91 Å². The van der Waals surface area contributed by atoms with Gasteiger partial charge in [-0.3, -0.25) is 9.59 Å². The highest BCUT2D eigenvalue weighted by atomic mass is 32.2. The van der Waals surface area contributed by atoms with Crippen molar-refractivity contribution in [2.24, 2.45) is 0 Å². The first kappa shape index (κ1) is 26.8. The highest BCUT2D eigenvalue weighted by Gasteiger charge is 2.28. The lowest BCUT2D eigenvalue weighted by molar-refractivity contribution is -0.138. The van der Waals surface area contributed by atoms with Crippen molar-refractivity contribution in [1.82, 2.24) is 9.71 Å². The average Bonchev–Trinajstić information content (AvgIpc) is 3.38. The number of nitrogens with one attached hydrogen (secondary N) is 3. The first-order valence-corrected chi connectivity index (χ1v) is 13.5. The van der Waals surface area contributed by atoms with Gasteiger partial charge in [0.05, 0.1) is 4.90 Å². The molecule has 0 saturated heterocycles. The summed E-state index contributed by atoms with van der Waals surface area (Å²) >= 11 is 0. The number of aromatic amines is 1.